The molecule has 0 bridgehead atoms. The molecule has 0 saturated carbocycles. The molecule has 3 rings (SSSR count). The maximum Gasteiger partial charge on any atom is 0.330 e. The lowest BCUT2D eigenvalue weighted by molar-refractivity contribution is -0.130. The Balaban J connectivity index is 1.92. The van der Waals surface area contributed by atoms with Crippen LogP contribution in [0.2, 0.25) is 0 Å². The summed E-state index contributed by atoms with van der Waals surface area (Å²) >= 11 is 0. The van der Waals surface area contributed by atoms with E-state index in [-0.39, 0.29) is 30.5 Å². The number of carbonyl (C=O) groups is 1. The normalized spacial score (nSPS) is 13.9. The van der Waals surface area contributed by atoms with Crippen LogP contribution in [0.25, 0.3) is 0 Å². The zero-order valence-corrected chi connectivity index (χ0v) is 18.0. The second kappa shape index (κ2) is 10.8. The molecule has 0 spiro atoms. The predicted octanol–water partition coefficient (Wildman–Crippen LogP) is 1.02. The number of nitrogens with zero attached hydrogens (tertiary/aromatic N) is 3. The lowest BCUT2D eigenvalue weighted by atomic mass is 10.1. The summed E-state index contributed by atoms with van der Waals surface area (Å²) in [6.45, 7) is 2.59. The quantitative estimate of drug-likeness (QED) is 0.576. The molecule has 1 aliphatic heterocycles. The molecule has 1 saturated heterocycles. The molecule has 0 unspecified atom stereocenters. The van der Waals surface area contributed by atoms with Gasteiger partial charge in [-0.1, -0.05) is 30.3 Å². The summed E-state index contributed by atoms with van der Waals surface area (Å²) < 4.78 is 6.47. The maximum atomic E-state index is 12.9. The number of rotatable bonds is 9. The number of nitrogen functional groups attached to an aromatic ring is 1. The van der Waals surface area contributed by atoms with Crippen LogP contribution in [-0.4, -0.2) is 60.3 Å². The minimum absolute atomic E-state index is 0.0283. The van der Waals surface area contributed by atoms with Crippen molar-refractivity contribution in [1.29, 1.82) is 0 Å². The van der Waals surface area contributed by atoms with E-state index >= 15 is 0 Å². The lowest BCUT2D eigenvalue weighted by Crippen LogP contribution is -2.46. The zero-order chi connectivity index (χ0) is 22.2. The fourth-order valence-electron chi connectivity index (χ4n) is 3.88. The van der Waals surface area contributed by atoms with Crippen molar-refractivity contribution in [2.75, 3.05) is 50.5 Å². The van der Waals surface area contributed by atoms with Gasteiger partial charge in [0.05, 0.1) is 13.1 Å². The molecular formula is C22H31N5O4. The highest BCUT2D eigenvalue weighted by Crippen LogP contribution is 2.19. The van der Waals surface area contributed by atoms with E-state index in [2.05, 4.69) is 4.98 Å². The van der Waals surface area contributed by atoms with Crippen LogP contribution < -0.4 is 21.9 Å². The largest absolute Gasteiger partial charge is 0.385 e. The Hall–Kier alpha value is -3.07. The molecule has 1 aromatic heterocycles. The summed E-state index contributed by atoms with van der Waals surface area (Å²) in [5.41, 5.74) is 6.20. The van der Waals surface area contributed by atoms with Crippen molar-refractivity contribution in [2.24, 2.45) is 0 Å². The number of methoxy groups -OCH3 is 1. The number of likely N-dealkylation sites (tertiary alicyclic amines) is 1. The van der Waals surface area contributed by atoms with E-state index in [1.807, 2.05) is 35.2 Å². The van der Waals surface area contributed by atoms with Crippen LogP contribution in [0.3, 0.4) is 0 Å². The van der Waals surface area contributed by atoms with E-state index in [0.29, 0.717) is 19.6 Å². The number of hydrogen-bond donors (Lipinski definition) is 2. The number of aromatic nitrogens is 2. The van der Waals surface area contributed by atoms with Crippen molar-refractivity contribution in [3.8, 4) is 0 Å². The maximum absolute atomic E-state index is 12.9. The van der Waals surface area contributed by atoms with Crippen LogP contribution in [0.5, 0.6) is 0 Å². The molecule has 1 aromatic carbocycles. The van der Waals surface area contributed by atoms with Gasteiger partial charge in [0.25, 0.3) is 5.56 Å². The second-order valence-electron chi connectivity index (χ2n) is 7.77. The van der Waals surface area contributed by atoms with Crippen molar-refractivity contribution in [3.05, 3.63) is 56.7 Å². The average Bonchev–Trinajstić information content (AvgIpc) is 2.77. The molecule has 9 heteroatoms. The third-order valence-electron chi connectivity index (χ3n) is 5.53. The number of piperidine rings is 1. The van der Waals surface area contributed by atoms with Gasteiger partial charge in [-0.2, -0.15) is 0 Å². The first-order valence-electron chi connectivity index (χ1n) is 10.7. The summed E-state index contributed by atoms with van der Waals surface area (Å²) in [5.74, 6) is 0.0122. The third-order valence-corrected chi connectivity index (χ3v) is 5.53. The van der Waals surface area contributed by atoms with Crippen LogP contribution in [0.1, 0.15) is 31.2 Å². The SMILES string of the molecule is COCCCN(CC(=O)N1CCCCC1)c1c(N)n(Cc2ccccc2)c(=O)[nH]c1=O. The molecule has 168 valence electrons. The van der Waals surface area contributed by atoms with Gasteiger partial charge in [-0.05, 0) is 31.2 Å². The first-order chi connectivity index (χ1) is 15.0. The summed E-state index contributed by atoms with van der Waals surface area (Å²) in [5, 5.41) is 0. The van der Waals surface area contributed by atoms with E-state index < -0.39 is 11.2 Å². The number of hydrogen-bond acceptors (Lipinski definition) is 6. The highest BCUT2D eigenvalue weighted by molar-refractivity contribution is 5.82. The van der Waals surface area contributed by atoms with Gasteiger partial charge in [0.15, 0.2) is 0 Å². The van der Waals surface area contributed by atoms with Gasteiger partial charge in [-0.25, -0.2) is 4.79 Å². The lowest BCUT2D eigenvalue weighted by Gasteiger charge is -2.31. The second-order valence-corrected chi connectivity index (χ2v) is 7.77. The van der Waals surface area contributed by atoms with Gasteiger partial charge in [-0.15, -0.1) is 0 Å². The van der Waals surface area contributed by atoms with Gasteiger partial charge in [0.1, 0.15) is 11.5 Å². The minimum Gasteiger partial charge on any atom is -0.385 e. The molecule has 0 aliphatic carbocycles. The molecule has 1 aliphatic rings. The smallest absolute Gasteiger partial charge is 0.330 e. The number of anilines is 2. The van der Waals surface area contributed by atoms with Gasteiger partial charge in [-0.3, -0.25) is 19.1 Å². The number of amides is 1. The number of ether oxygens (including phenoxy) is 1. The fraction of sp³-hybridized carbons (Fsp3) is 0.500. The van der Waals surface area contributed by atoms with E-state index in [1.54, 1.807) is 12.0 Å². The zero-order valence-electron chi connectivity index (χ0n) is 18.0. The van der Waals surface area contributed by atoms with Crippen molar-refractivity contribution in [1.82, 2.24) is 14.5 Å². The van der Waals surface area contributed by atoms with Crippen molar-refractivity contribution < 1.29 is 9.53 Å². The summed E-state index contributed by atoms with van der Waals surface area (Å²) in [6, 6.07) is 9.40. The molecular weight excluding hydrogens is 398 g/mol. The van der Waals surface area contributed by atoms with Crippen molar-refractivity contribution in [3.63, 3.8) is 0 Å². The molecule has 2 aromatic rings. The summed E-state index contributed by atoms with van der Waals surface area (Å²) in [6.07, 6.45) is 3.71. The molecule has 31 heavy (non-hydrogen) atoms. The van der Waals surface area contributed by atoms with Crippen LogP contribution in [0, 0.1) is 0 Å². The fourth-order valence-corrected chi connectivity index (χ4v) is 3.88. The first kappa shape index (κ1) is 22.6. The van der Waals surface area contributed by atoms with E-state index in [1.165, 1.54) is 4.57 Å². The Morgan fingerprint density at radius 3 is 2.55 bits per heavy atom. The number of benzene rings is 1. The van der Waals surface area contributed by atoms with Crippen LogP contribution in [-0.2, 0) is 16.1 Å². The summed E-state index contributed by atoms with van der Waals surface area (Å²) in [4.78, 5) is 44.0. The molecule has 1 amide bonds. The van der Waals surface area contributed by atoms with Gasteiger partial charge < -0.3 is 20.3 Å². The van der Waals surface area contributed by atoms with Gasteiger partial charge in [0.2, 0.25) is 5.91 Å². The number of H-pyrrole nitrogens is 1. The standard InChI is InChI=1S/C22H31N5O4/c1-31-14-8-13-26(16-18(28)25-11-6-3-7-12-25)19-20(23)27(22(30)24-21(19)29)15-17-9-4-2-5-10-17/h2,4-5,9-10H,3,6-8,11-16,23H2,1H3,(H,24,29,30). The molecule has 3 N–H and O–H groups in total. The van der Waals surface area contributed by atoms with Gasteiger partial charge >= 0.3 is 5.69 Å². The first-order valence-corrected chi connectivity index (χ1v) is 10.7. The Labute approximate surface area is 181 Å². The van der Waals surface area contributed by atoms with E-state index in [0.717, 1.165) is 37.9 Å². The summed E-state index contributed by atoms with van der Waals surface area (Å²) in [7, 11) is 1.60. The minimum atomic E-state index is -0.587. The van der Waals surface area contributed by atoms with Gasteiger partial charge in [0, 0.05) is 33.4 Å². The van der Waals surface area contributed by atoms with Crippen molar-refractivity contribution in [2.45, 2.75) is 32.2 Å². The number of aromatic amines is 1. The molecule has 0 radical (unpaired) electrons. The Morgan fingerprint density at radius 2 is 1.87 bits per heavy atom. The van der Waals surface area contributed by atoms with E-state index in [9.17, 15) is 14.4 Å². The average molecular weight is 430 g/mol. The highest BCUT2D eigenvalue weighted by Gasteiger charge is 2.24. The highest BCUT2D eigenvalue weighted by atomic mass is 16.5. The van der Waals surface area contributed by atoms with E-state index in [4.69, 9.17) is 10.5 Å². The van der Waals surface area contributed by atoms with Crippen LogP contribution >= 0.6 is 0 Å². The Kier molecular flexibility index (Phi) is 7.88. The molecule has 2 heterocycles. The Morgan fingerprint density at radius 1 is 1.16 bits per heavy atom. The third kappa shape index (κ3) is 5.75. The predicted molar refractivity (Wildman–Crippen MR) is 120 cm³/mol. The van der Waals surface area contributed by atoms with Crippen molar-refractivity contribution >= 4 is 17.4 Å². The number of nitrogens with two attached hydrogens (primary N) is 1. The molecule has 1 fully saturated rings. The Bertz CT molecular complexity index is 980. The molecule has 9 nitrogen and oxygen atoms in total. The van der Waals surface area contributed by atoms with Crippen LogP contribution in [0.15, 0.2) is 39.9 Å². The molecule has 0 atom stereocenters. The topological polar surface area (TPSA) is 114 Å². The number of carbonyl (C=O) groups excluding carboxylic acids is 1. The van der Waals surface area contributed by atoms with Crippen LogP contribution in [0.4, 0.5) is 11.5 Å². The monoisotopic (exact) mass is 429 g/mol. The number of nitrogens with one attached hydrogen (secondary N) is 1.